The van der Waals surface area contributed by atoms with Crippen LogP contribution in [0.4, 0.5) is 0 Å². The van der Waals surface area contributed by atoms with Crippen molar-refractivity contribution in [2.45, 2.75) is 12.0 Å². The number of hydrogen-bond acceptors (Lipinski definition) is 0. The van der Waals surface area contributed by atoms with Gasteiger partial charge in [0.1, 0.15) is 0 Å². The number of rotatable bonds is 4. The lowest BCUT2D eigenvalue weighted by molar-refractivity contribution is 0.615. The van der Waals surface area contributed by atoms with E-state index in [1.54, 1.807) is 0 Å². The number of benzene rings is 12. The van der Waals surface area contributed by atoms with Crippen LogP contribution >= 0.6 is 0 Å². The minimum Gasteiger partial charge on any atom is -0.332 e. The molecule has 2 heteroatoms. The topological polar surface area (TPSA) is 9.34 Å². The van der Waals surface area contributed by atoms with E-state index in [4.69, 9.17) is 0 Å². The van der Waals surface area contributed by atoms with Gasteiger partial charge in [-0.05, 0) is 117 Å². The predicted octanol–water partition coefficient (Wildman–Crippen LogP) is 19.0. The van der Waals surface area contributed by atoms with E-state index in [2.05, 4.69) is 252 Å². The average molecular weight is 911 g/mol. The van der Waals surface area contributed by atoms with Crippen molar-refractivity contribution in [1.29, 1.82) is 0 Å². The minimum atomic E-state index is 0.256. The average Bonchev–Trinajstić information content (AvgIpc) is 4.18. The summed E-state index contributed by atoms with van der Waals surface area (Å²) in [4.78, 5) is 0. The van der Waals surface area contributed by atoms with Crippen LogP contribution in [0.3, 0.4) is 0 Å². The molecule has 17 rings (SSSR count). The molecule has 2 atom stereocenters. The Morgan fingerprint density at radius 3 is 1.42 bits per heavy atom. The zero-order chi connectivity index (χ0) is 46.8. The van der Waals surface area contributed by atoms with Crippen LogP contribution < -0.4 is 0 Å². The highest BCUT2D eigenvalue weighted by atomic mass is 15.0. The molecule has 332 valence electrons. The van der Waals surface area contributed by atoms with Crippen molar-refractivity contribution in [3.05, 3.63) is 248 Å². The molecule has 0 saturated heterocycles. The second kappa shape index (κ2) is 14.2. The lowest BCUT2D eigenvalue weighted by Crippen LogP contribution is -2.08. The molecule has 0 fully saturated rings. The molecule has 0 N–H and O–H groups in total. The Morgan fingerprint density at radius 2 is 0.764 bits per heavy atom. The highest BCUT2D eigenvalue weighted by Gasteiger charge is 2.35. The maximum absolute atomic E-state index is 2.63. The number of allylic oxidation sites excluding steroid dienone is 4. The first-order chi connectivity index (χ1) is 35.8. The Hall–Kier alpha value is -9.24. The third-order valence-corrected chi connectivity index (χ3v) is 16.8. The van der Waals surface area contributed by atoms with Gasteiger partial charge in [-0.3, -0.25) is 0 Å². The highest BCUT2D eigenvalue weighted by Crippen LogP contribution is 2.55. The normalized spacial score (nSPS) is 15.4. The van der Waals surface area contributed by atoms with Crippen molar-refractivity contribution in [3.63, 3.8) is 0 Å². The molecule has 72 heavy (non-hydrogen) atoms. The van der Waals surface area contributed by atoms with Crippen LogP contribution in [0.15, 0.2) is 243 Å². The van der Waals surface area contributed by atoms with Crippen molar-refractivity contribution >= 4 is 103 Å². The number of hydrogen-bond donors (Lipinski definition) is 0. The highest BCUT2D eigenvalue weighted by molar-refractivity contribution is 6.32. The third kappa shape index (κ3) is 4.88. The Balaban J connectivity index is 1.06. The molecule has 0 bridgehead atoms. The molecule has 1 aliphatic heterocycles. The number of para-hydroxylation sites is 3. The van der Waals surface area contributed by atoms with E-state index in [1.807, 2.05) is 0 Å². The SMILES string of the molecule is C1=CC2c3ccc(-c4cccc5c(-c6c7ccccc7c(-c7ccccc7)c7ccccc67)c6cccc(-c7ccc8c9ccccc9n9c%10ccccc%10c7c89)c6cc45)c4c5ccccc5n(c34)C2C=C1. The largest absolute Gasteiger partial charge is 0.332 e. The summed E-state index contributed by atoms with van der Waals surface area (Å²) < 4.78 is 5.14. The van der Waals surface area contributed by atoms with Gasteiger partial charge in [0.15, 0.2) is 0 Å². The van der Waals surface area contributed by atoms with E-state index in [1.165, 1.54) is 153 Å². The second-order valence-electron chi connectivity index (χ2n) is 20.1. The third-order valence-electron chi connectivity index (χ3n) is 16.8. The molecule has 12 aromatic carbocycles. The molecule has 0 amide bonds. The van der Waals surface area contributed by atoms with Crippen molar-refractivity contribution < 1.29 is 0 Å². The zero-order valence-corrected chi connectivity index (χ0v) is 39.1. The summed E-state index contributed by atoms with van der Waals surface area (Å²) in [6, 6.07) is 82.9. The van der Waals surface area contributed by atoms with Crippen molar-refractivity contribution in [2.75, 3.05) is 0 Å². The molecular formula is C70H42N2. The van der Waals surface area contributed by atoms with Crippen LogP contribution in [0.25, 0.3) is 147 Å². The van der Waals surface area contributed by atoms with E-state index in [0.717, 1.165) is 0 Å². The number of aromatic nitrogens is 2. The van der Waals surface area contributed by atoms with Gasteiger partial charge in [-0.2, -0.15) is 0 Å². The van der Waals surface area contributed by atoms with Gasteiger partial charge < -0.3 is 8.97 Å². The van der Waals surface area contributed by atoms with Crippen LogP contribution in [-0.2, 0) is 0 Å². The quantitative estimate of drug-likeness (QED) is 0.156. The standard InChI is InChI=1S/C70H42N2/c1-2-18-41(19-3-1)64-46-22-4-6-24-48(46)65(49-25-7-5-23-47(49)64)66-50-30-16-28-42(52-36-38-54-44-20-8-12-32-60(44)71-62-34-14-10-26-56(62)67(52)69(54)71)58(50)40-59-43(29-17-31-51(59)66)53-37-39-55-45-21-9-13-33-61(45)72-63-35-15-11-27-57(63)68(53)70(55)72/h1-40,44,60H. The van der Waals surface area contributed by atoms with Gasteiger partial charge in [0.2, 0.25) is 0 Å². The van der Waals surface area contributed by atoms with E-state index in [9.17, 15) is 0 Å². The summed E-state index contributed by atoms with van der Waals surface area (Å²) in [5.74, 6) is 0.315. The fourth-order valence-electron chi connectivity index (χ4n) is 14.0. The van der Waals surface area contributed by atoms with Crippen LogP contribution in [0.5, 0.6) is 0 Å². The summed E-state index contributed by atoms with van der Waals surface area (Å²) in [5.41, 5.74) is 17.9. The van der Waals surface area contributed by atoms with E-state index in [-0.39, 0.29) is 6.04 Å². The summed E-state index contributed by atoms with van der Waals surface area (Å²) in [6.45, 7) is 0. The summed E-state index contributed by atoms with van der Waals surface area (Å²) in [6.07, 6.45) is 9.25. The Kier molecular flexibility index (Phi) is 7.61. The molecule has 0 radical (unpaired) electrons. The fraction of sp³-hybridized carbons (Fsp3) is 0.0286. The van der Waals surface area contributed by atoms with Gasteiger partial charge in [0.25, 0.3) is 0 Å². The van der Waals surface area contributed by atoms with E-state index >= 15 is 0 Å². The minimum absolute atomic E-state index is 0.256. The van der Waals surface area contributed by atoms with Gasteiger partial charge in [-0.15, -0.1) is 0 Å². The lowest BCUT2D eigenvalue weighted by Gasteiger charge is -2.22. The monoisotopic (exact) mass is 910 g/mol. The summed E-state index contributed by atoms with van der Waals surface area (Å²) >= 11 is 0. The molecule has 15 aromatic rings. The molecule has 0 saturated carbocycles. The van der Waals surface area contributed by atoms with Gasteiger partial charge in [0.05, 0.1) is 28.1 Å². The molecule has 2 aliphatic rings. The lowest BCUT2D eigenvalue weighted by atomic mass is 9.80. The molecule has 4 heterocycles. The zero-order valence-electron chi connectivity index (χ0n) is 39.1. The first-order valence-corrected chi connectivity index (χ1v) is 25.3. The molecular weight excluding hydrogens is 869 g/mol. The van der Waals surface area contributed by atoms with Crippen molar-refractivity contribution in [2.24, 2.45) is 0 Å². The number of nitrogens with zero attached hydrogens (tertiary/aromatic N) is 2. The molecule has 2 unspecified atom stereocenters. The van der Waals surface area contributed by atoms with Crippen LogP contribution in [-0.4, -0.2) is 8.97 Å². The van der Waals surface area contributed by atoms with E-state index < -0.39 is 0 Å². The van der Waals surface area contributed by atoms with E-state index in [0.29, 0.717) is 5.92 Å². The summed E-state index contributed by atoms with van der Waals surface area (Å²) in [5, 5.41) is 17.8. The maximum Gasteiger partial charge on any atom is 0.0630 e. The number of fused-ring (bicyclic) bond motifs is 16. The smallest absolute Gasteiger partial charge is 0.0630 e. The van der Waals surface area contributed by atoms with Gasteiger partial charge >= 0.3 is 0 Å². The van der Waals surface area contributed by atoms with Crippen LogP contribution in [0.1, 0.15) is 17.5 Å². The second-order valence-corrected chi connectivity index (χ2v) is 20.1. The first kappa shape index (κ1) is 38.6. The Bertz CT molecular complexity index is 4870. The fourth-order valence-corrected chi connectivity index (χ4v) is 14.0. The van der Waals surface area contributed by atoms with Gasteiger partial charge in [-0.25, -0.2) is 0 Å². The molecule has 3 aromatic heterocycles. The Labute approximate surface area is 414 Å². The van der Waals surface area contributed by atoms with Crippen LogP contribution in [0.2, 0.25) is 0 Å². The summed E-state index contributed by atoms with van der Waals surface area (Å²) in [7, 11) is 0. The Morgan fingerprint density at radius 1 is 0.292 bits per heavy atom. The molecule has 1 aliphatic carbocycles. The van der Waals surface area contributed by atoms with Gasteiger partial charge in [0, 0.05) is 43.8 Å². The predicted molar refractivity (Wildman–Crippen MR) is 306 cm³/mol. The van der Waals surface area contributed by atoms with Crippen LogP contribution in [0, 0.1) is 0 Å². The first-order valence-electron chi connectivity index (χ1n) is 25.3. The van der Waals surface area contributed by atoms with Crippen molar-refractivity contribution in [3.8, 4) is 44.5 Å². The maximum atomic E-state index is 2.63. The van der Waals surface area contributed by atoms with Crippen molar-refractivity contribution in [1.82, 2.24) is 8.97 Å². The van der Waals surface area contributed by atoms with Gasteiger partial charge in [-0.1, -0.05) is 218 Å². The molecule has 2 nitrogen and oxygen atoms in total. The molecule has 0 spiro atoms.